The summed E-state index contributed by atoms with van der Waals surface area (Å²) in [5.41, 5.74) is -0.193. The molecule has 2 fully saturated rings. The quantitative estimate of drug-likeness (QED) is 0.560. The van der Waals surface area contributed by atoms with Crippen molar-refractivity contribution in [2.24, 2.45) is 17.8 Å². The van der Waals surface area contributed by atoms with Crippen LogP contribution in [0.15, 0.2) is 12.1 Å². The molecule has 3 heterocycles. The highest BCUT2D eigenvalue weighted by Gasteiger charge is 2.48. The summed E-state index contributed by atoms with van der Waals surface area (Å²) in [7, 11) is 0. The van der Waals surface area contributed by atoms with Crippen LogP contribution in [0.4, 0.5) is 26.3 Å². The molecule has 1 aromatic heterocycles. The van der Waals surface area contributed by atoms with E-state index >= 15 is 0 Å². The number of piperidine rings is 1. The molecule has 0 spiro atoms. The molecular formula is C21H22F6N4. The number of halogens is 6. The van der Waals surface area contributed by atoms with Gasteiger partial charge in [-0.2, -0.15) is 18.3 Å². The normalized spacial score (nSPS) is 30.5. The average molecular weight is 444 g/mol. The predicted molar refractivity (Wildman–Crippen MR) is 98.8 cm³/mol. The molecule has 3 aliphatic rings. The van der Waals surface area contributed by atoms with Crippen molar-refractivity contribution in [3.05, 3.63) is 46.8 Å². The van der Waals surface area contributed by atoms with E-state index in [0.29, 0.717) is 30.0 Å². The summed E-state index contributed by atoms with van der Waals surface area (Å²) >= 11 is 0. The molecule has 1 saturated carbocycles. The lowest BCUT2D eigenvalue weighted by atomic mass is 9.83. The van der Waals surface area contributed by atoms with Gasteiger partial charge in [-0.1, -0.05) is 6.07 Å². The summed E-state index contributed by atoms with van der Waals surface area (Å²) in [4.78, 5) is 4.40. The minimum absolute atomic E-state index is 0.0326. The smallest absolute Gasteiger partial charge is 0.316 e. The Kier molecular flexibility index (Phi) is 5.02. The van der Waals surface area contributed by atoms with E-state index in [4.69, 9.17) is 0 Å². The maximum atomic E-state index is 14.5. The van der Waals surface area contributed by atoms with Gasteiger partial charge in [0.1, 0.15) is 11.9 Å². The SMILES string of the molecule is Fc1ccc(C2CCC(C(F)(F)F)n3nc(CC4[C@@H]5CC[C@H]4CNC5)nc32)c(F)c1F. The number of fused-ring (bicyclic) bond motifs is 3. The van der Waals surface area contributed by atoms with E-state index in [1.54, 1.807) is 0 Å². The fraction of sp³-hybridized carbons (Fsp3) is 0.619. The first kappa shape index (κ1) is 20.8. The molecule has 1 aliphatic carbocycles. The summed E-state index contributed by atoms with van der Waals surface area (Å²) in [6.45, 7) is 1.76. The number of rotatable bonds is 3. The second-order valence-electron chi connectivity index (χ2n) is 8.91. The minimum Gasteiger partial charge on any atom is -0.316 e. The van der Waals surface area contributed by atoms with Crippen molar-refractivity contribution >= 4 is 0 Å². The Hall–Kier alpha value is -2.10. The first-order chi connectivity index (χ1) is 14.7. The van der Waals surface area contributed by atoms with Gasteiger partial charge in [0.2, 0.25) is 0 Å². The van der Waals surface area contributed by atoms with E-state index in [0.717, 1.165) is 42.7 Å². The van der Waals surface area contributed by atoms with Gasteiger partial charge in [-0.05, 0) is 62.6 Å². The maximum Gasteiger partial charge on any atom is 0.410 e. The van der Waals surface area contributed by atoms with Crippen LogP contribution in [0.1, 0.15) is 54.9 Å². The Labute approximate surface area is 175 Å². The van der Waals surface area contributed by atoms with Gasteiger partial charge in [-0.25, -0.2) is 22.8 Å². The highest BCUT2D eigenvalue weighted by atomic mass is 19.4. The van der Waals surface area contributed by atoms with E-state index in [1.165, 1.54) is 0 Å². The lowest BCUT2D eigenvalue weighted by Gasteiger charge is -2.30. The second kappa shape index (κ2) is 7.50. The molecule has 1 N–H and O–H groups in total. The summed E-state index contributed by atoms with van der Waals surface area (Å²) in [5.74, 6) is -3.81. The van der Waals surface area contributed by atoms with Crippen LogP contribution in [0, 0.1) is 35.2 Å². The van der Waals surface area contributed by atoms with Crippen LogP contribution in [0.25, 0.3) is 0 Å². The minimum atomic E-state index is -4.54. The van der Waals surface area contributed by atoms with E-state index < -0.39 is 35.6 Å². The molecule has 5 atom stereocenters. The van der Waals surface area contributed by atoms with Crippen LogP contribution < -0.4 is 5.32 Å². The third-order valence-electron chi connectivity index (χ3n) is 7.21. The van der Waals surface area contributed by atoms with E-state index in [1.807, 2.05) is 0 Å². The van der Waals surface area contributed by atoms with Crippen molar-refractivity contribution in [1.82, 2.24) is 20.1 Å². The van der Waals surface area contributed by atoms with E-state index in [9.17, 15) is 26.3 Å². The monoisotopic (exact) mass is 444 g/mol. The summed E-state index contributed by atoms with van der Waals surface area (Å²) in [6, 6.07) is 0.00815. The molecule has 1 aromatic carbocycles. The van der Waals surface area contributed by atoms with Crippen molar-refractivity contribution < 1.29 is 26.3 Å². The van der Waals surface area contributed by atoms with E-state index in [2.05, 4.69) is 15.4 Å². The van der Waals surface area contributed by atoms with Gasteiger partial charge in [0.05, 0.1) is 0 Å². The highest BCUT2D eigenvalue weighted by Crippen LogP contribution is 2.45. The number of nitrogens with one attached hydrogen (secondary N) is 1. The fourth-order valence-electron chi connectivity index (χ4n) is 5.66. The Morgan fingerprint density at radius 2 is 1.68 bits per heavy atom. The van der Waals surface area contributed by atoms with Crippen molar-refractivity contribution in [3.63, 3.8) is 0 Å². The molecule has 1 saturated heterocycles. The Bertz CT molecular complexity index is 971. The second-order valence-corrected chi connectivity index (χ2v) is 8.91. The summed E-state index contributed by atoms with van der Waals surface area (Å²) in [5, 5.41) is 7.59. The maximum absolute atomic E-state index is 14.5. The standard InChI is InChI=1S/C21H22F6N4/c22-15-5-3-12(18(23)19(15)24)13-4-6-16(21(25,26)27)31-20(13)29-17(30-31)7-14-10-1-2-11(14)9-28-8-10/h3,5,10-11,13-14,16,28H,1-2,4,6-9H2/t10-,11+,13?,14?,16?. The summed E-state index contributed by atoms with van der Waals surface area (Å²) < 4.78 is 83.5. The third-order valence-corrected chi connectivity index (χ3v) is 7.21. The molecule has 31 heavy (non-hydrogen) atoms. The number of hydrogen-bond acceptors (Lipinski definition) is 3. The molecule has 10 heteroatoms. The zero-order valence-corrected chi connectivity index (χ0v) is 16.6. The predicted octanol–water partition coefficient (Wildman–Crippen LogP) is 4.51. The van der Waals surface area contributed by atoms with Gasteiger partial charge in [0, 0.05) is 17.9 Å². The van der Waals surface area contributed by atoms with Crippen molar-refractivity contribution in [2.75, 3.05) is 13.1 Å². The number of hydrogen-bond donors (Lipinski definition) is 1. The zero-order valence-electron chi connectivity index (χ0n) is 16.6. The molecule has 168 valence electrons. The molecular weight excluding hydrogens is 422 g/mol. The molecule has 2 bridgehead atoms. The summed E-state index contributed by atoms with van der Waals surface area (Å²) in [6.07, 6.45) is -2.34. The Morgan fingerprint density at radius 3 is 2.35 bits per heavy atom. The van der Waals surface area contributed by atoms with Gasteiger partial charge in [-0.3, -0.25) is 0 Å². The third kappa shape index (κ3) is 3.52. The molecule has 3 unspecified atom stereocenters. The number of alkyl halides is 3. The first-order valence-corrected chi connectivity index (χ1v) is 10.6. The van der Waals surface area contributed by atoms with Crippen LogP contribution in [-0.2, 0) is 6.42 Å². The lowest BCUT2D eigenvalue weighted by molar-refractivity contribution is -0.175. The van der Waals surface area contributed by atoms with E-state index in [-0.39, 0.29) is 24.2 Å². The molecule has 2 aliphatic heterocycles. The van der Waals surface area contributed by atoms with Crippen LogP contribution in [-0.4, -0.2) is 34.0 Å². The number of aromatic nitrogens is 3. The fourth-order valence-corrected chi connectivity index (χ4v) is 5.66. The van der Waals surface area contributed by atoms with Gasteiger partial charge >= 0.3 is 6.18 Å². The van der Waals surface area contributed by atoms with Crippen molar-refractivity contribution in [2.45, 2.75) is 50.2 Å². The lowest BCUT2D eigenvalue weighted by Crippen LogP contribution is -2.39. The molecule has 0 amide bonds. The van der Waals surface area contributed by atoms with Crippen LogP contribution in [0.5, 0.6) is 0 Å². The Morgan fingerprint density at radius 1 is 0.968 bits per heavy atom. The van der Waals surface area contributed by atoms with Crippen molar-refractivity contribution in [1.29, 1.82) is 0 Å². The molecule has 2 aromatic rings. The van der Waals surface area contributed by atoms with Crippen LogP contribution in [0.2, 0.25) is 0 Å². The van der Waals surface area contributed by atoms with Gasteiger partial charge in [0.25, 0.3) is 0 Å². The first-order valence-electron chi connectivity index (χ1n) is 10.6. The molecule has 0 radical (unpaired) electrons. The Balaban J connectivity index is 1.53. The van der Waals surface area contributed by atoms with Crippen LogP contribution >= 0.6 is 0 Å². The number of benzene rings is 1. The zero-order chi connectivity index (χ0) is 21.9. The highest BCUT2D eigenvalue weighted by molar-refractivity contribution is 5.30. The van der Waals surface area contributed by atoms with Gasteiger partial charge < -0.3 is 5.32 Å². The topological polar surface area (TPSA) is 42.7 Å². The average Bonchev–Trinajstić information content (AvgIpc) is 3.21. The van der Waals surface area contributed by atoms with Gasteiger partial charge in [0.15, 0.2) is 23.3 Å². The number of nitrogens with zero attached hydrogens (tertiary/aromatic N) is 3. The van der Waals surface area contributed by atoms with Gasteiger partial charge in [-0.15, -0.1) is 0 Å². The largest absolute Gasteiger partial charge is 0.410 e. The molecule has 4 nitrogen and oxygen atoms in total. The molecule has 5 rings (SSSR count). The van der Waals surface area contributed by atoms with Crippen molar-refractivity contribution in [3.8, 4) is 0 Å². The van der Waals surface area contributed by atoms with Crippen LogP contribution in [0.3, 0.4) is 0 Å².